The van der Waals surface area contributed by atoms with Crippen molar-refractivity contribution in [3.8, 4) is 17.2 Å². The van der Waals surface area contributed by atoms with E-state index >= 15 is 0 Å². The summed E-state index contributed by atoms with van der Waals surface area (Å²) in [6.07, 6.45) is 2.27. The van der Waals surface area contributed by atoms with Crippen molar-refractivity contribution < 1.29 is 23.7 Å². The van der Waals surface area contributed by atoms with Crippen LogP contribution in [0, 0.1) is 0 Å². The van der Waals surface area contributed by atoms with E-state index in [0.29, 0.717) is 23.7 Å². The fraction of sp³-hybridized carbons (Fsp3) is 0.250. The van der Waals surface area contributed by atoms with Crippen molar-refractivity contribution in [2.24, 2.45) is 0 Å². The Kier molecular flexibility index (Phi) is 6.89. The molecule has 2 aromatic rings. The summed E-state index contributed by atoms with van der Waals surface area (Å²) >= 11 is 0. The van der Waals surface area contributed by atoms with Gasteiger partial charge in [-0.1, -0.05) is 31.2 Å². The minimum Gasteiger partial charge on any atom is -0.503 e. The van der Waals surface area contributed by atoms with Crippen molar-refractivity contribution in [2.75, 3.05) is 20.8 Å². The van der Waals surface area contributed by atoms with E-state index in [0.717, 1.165) is 12.2 Å². The molecule has 0 aliphatic heterocycles. The molecule has 0 N–H and O–H groups in total. The smallest absolute Gasteiger partial charge is 0.341 e. The molecule has 0 bridgehead atoms. The van der Waals surface area contributed by atoms with Gasteiger partial charge in [0.1, 0.15) is 22.8 Å². The largest absolute Gasteiger partial charge is 0.503 e. The Labute approximate surface area is 147 Å². The number of benzene rings is 2. The number of rotatable bonds is 8. The van der Waals surface area contributed by atoms with E-state index in [1.54, 1.807) is 12.1 Å². The van der Waals surface area contributed by atoms with Gasteiger partial charge in [0.25, 0.3) is 0 Å². The summed E-state index contributed by atoms with van der Waals surface area (Å²) in [4.78, 5) is 12.0. The Hall–Kier alpha value is -2.95. The summed E-state index contributed by atoms with van der Waals surface area (Å²) in [6, 6.07) is 14.6. The molecule has 132 valence electrons. The average molecular weight is 342 g/mol. The summed E-state index contributed by atoms with van der Waals surface area (Å²) in [5.74, 6) is 1.36. The molecule has 0 saturated carbocycles. The Morgan fingerprint density at radius 1 is 1.04 bits per heavy atom. The van der Waals surface area contributed by atoms with Crippen LogP contribution < -0.4 is 9.47 Å². The molecule has 2 rings (SSSR count). The highest BCUT2D eigenvalue weighted by Gasteiger charge is 2.18. The van der Waals surface area contributed by atoms with Crippen molar-refractivity contribution in [3.63, 3.8) is 0 Å². The monoisotopic (exact) mass is 342 g/mol. The number of hydrogen-bond donors (Lipinski definition) is 0. The molecule has 5 heteroatoms. The highest BCUT2D eigenvalue weighted by Crippen LogP contribution is 2.32. The van der Waals surface area contributed by atoms with Crippen LogP contribution in [0.1, 0.15) is 18.9 Å². The van der Waals surface area contributed by atoms with Crippen molar-refractivity contribution in [1.29, 1.82) is 0 Å². The molecule has 0 aliphatic carbocycles. The molecule has 0 unspecified atom stereocenters. The molecular weight excluding hydrogens is 320 g/mol. The van der Waals surface area contributed by atoms with E-state index in [4.69, 9.17) is 18.9 Å². The van der Waals surface area contributed by atoms with Gasteiger partial charge in [0.05, 0.1) is 27.1 Å². The van der Waals surface area contributed by atoms with Gasteiger partial charge in [-0.05, 0) is 24.6 Å². The first kappa shape index (κ1) is 18.4. The van der Waals surface area contributed by atoms with Gasteiger partial charge >= 0.3 is 5.97 Å². The highest BCUT2D eigenvalue weighted by molar-refractivity contribution is 6.17. The molecule has 0 aliphatic rings. The van der Waals surface area contributed by atoms with Gasteiger partial charge in [0, 0.05) is 11.6 Å². The second-order valence-corrected chi connectivity index (χ2v) is 5.18. The highest BCUT2D eigenvalue weighted by atomic mass is 16.5. The summed E-state index contributed by atoms with van der Waals surface area (Å²) in [6.45, 7) is 2.69. The fourth-order valence-electron chi connectivity index (χ4n) is 2.20. The number of ether oxygens (including phenoxy) is 4. The van der Waals surface area contributed by atoms with E-state index in [1.165, 1.54) is 20.5 Å². The number of para-hydroxylation sites is 1. The number of carbonyl (C=O) groups is 1. The first-order valence-corrected chi connectivity index (χ1v) is 8.01. The molecule has 2 aromatic carbocycles. The zero-order chi connectivity index (χ0) is 18.1. The number of hydrogen-bond acceptors (Lipinski definition) is 5. The second kappa shape index (κ2) is 9.37. The van der Waals surface area contributed by atoms with Crippen LogP contribution in [0.25, 0.3) is 5.57 Å². The molecule has 0 spiro atoms. The third-order valence-corrected chi connectivity index (χ3v) is 3.32. The Morgan fingerprint density at radius 2 is 1.80 bits per heavy atom. The van der Waals surface area contributed by atoms with Crippen LogP contribution >= 0.6 is 0 Å². The number of esters is 1. The van der Waals surface area contributed by atoms with Crippen molar-refractivity contribution in [1.82, 2.24) is 0 Å². The van der Waals surface area contributed by atoms with E-state index in [-0.39, 0.29) is 5.57 Å². The lowest BCUT2D eigenvalue weighted by Crippen LogP contribution is -2.05. The van der Waals surface area contributed by atoms with Crippen LogP contribution in [0.2, 0.25) is 0 Å². The third kappa shape index (κ3) is 5.01. The minimum absolute atomic E-state index is 0.277. The molecule has 5 nitrogen and oxygen atoms in total. The van der Waals surface area contributed by atoms with Crippen molar-refractivity contribution in [3.05, 3.63) is 60.4 Å². The summed E-state index contributed by atoms with van der Waals surface area (Å²) in [5.41, 5.74) is 0.857. The topological polar surface area (TPSA) is 54.0 Å². The maximum absolute atomic E-state index is 12.0. The molecule has 0 fully saturated rings. The lowest BCUT2D eigenvalue weighted by atomic mass is 10.1. The van der Waals surface area contributed by atoms with Gasteiger partial charge < -0.3 is 18.9 Å². The Morgan fingerprint density at radius 3 is 2.52 bits per heavy atom. The van der Waals surface area contributed by atoms with E-state index in [2.05, 4.69) is 0 Å². The van der Waals surface area contributed by atoms with E-state index in [9.17, 15) is 4.79 Å². The molecule has 0 heterocycles. The first-order chi connectivity index (χ1) is 12.2. The van der Waals surface area contributed by atoms with Gasteiger partial charge in [-0.25, -0.2) is 4.79 Å². The van der Waals surface area contributed by atoms with Crippen LogP contribution in [-0.2, 0) is 14.3 Å². The fourth-order valence-corrected chi connectivity index (χ4v) is 2.20. The van der Waals surface area contributed by atoms with Crippen molar-refractivity contribution >= 4 is 11.5 Å². The standard InChI is InChI=1S/C20H22O5/c1-4-12-24-15-8-7-9-16(13-15)25-19-11-6-5-10-17(19)18(14-22-2)20(21)23-3/h5-11,13-14H,4,12H2,1-3H3. The van der Waals surface area contributed by atoms with E-state index in [1.807, 2.05) is 43.3 Å². The quantitative estimate of drug-likeness (QED) is 0.404. The van der Waals surface area contributed by atoms with Crippen molar-refractivity contribution in [2.45, 2.75) is 13.3 Å². The lowest BCUT2D eigenvalue weighted by Gasteiger charge is -2.13. The van der Waals surface area contributed by atoms with Crippen LogP contribution in [-0.4, -0.2) is 26.8 Å². The lowest BCUT2D eigenvalue weighted by molar-refractivity contribution is -0.133. The zero-order valence-electron chi connectivity index (χ0n) is 14.7. The van der Waals surface area contributed by atoms with Crippen LogP contribution in [0.5, 0.6) is 17.2 Å². The molecule has 0 aromatic heterocycles. The zero-order valence-corrected chi connectivity index (χ0v) is 14.7. The average Bonchev–Trinajstić information content (AvgIpc) is 2.65. The summed E-state index contributed by atoms with van der Waals surface area (Å²) < 4.78 is 21.4. The Balaban J connectivity index is 2.32. The van der Waals surface area contributed by atoms with Crippen LogP contribution in [0.3, 0.4) is 0 Å². The summed E-state index contributed by atoms with van der Waals surface area (Å²) in [7, 11) is 2.80. The maximum Gasteiger partial charge on any atom is 0.341 e. The number of methoxy groups -OCH3 is 2. The number of carbonyl (C=O) groups excluding carboxylic acids is 1. The SMILES string of the molecule is CCCOc1cccc(Oc2ccccc2C(=COC)C(=O)OC)c1. The molecule has 0 saturated heterocycles. The maximum atomic E-state index is 12.0. The minimum atomic E-state index is -0.502. The first-order valence-electron chi connectivity index (χ1n) is 8.01. The normalized spacial score (nSPS) is 10.9. The van der Waals surface area contributed by atoms with Gasteiger partial charge in [-0.2, -0.15) is 0 Å². The molecule has 0 amide bonds. The summed E-state index contributed by atoms with van der Waals surface area (Å²) in [5, 5.41) is 0. The van der Waals surface area contributed by atoms with Gasteiger partial charge in [0.2, 0.25) is 0 Å². The van der Waals surface area contributed by atoms with E-state index < -0.39 is 5.97 Å². The second-order valence-electron chi connectivity index (χ2n) is 5.18. The predicted molar refractivity (Wildman–Crippen MR) is 95.7 cm³/mol. The van der Waals surface area contributed by atoms with Gasteiger partial charge in [-0.15, -0.1) is 0 Å². The molecule has 0 radical (unpaired) electrons. The van der Waals surface area contributed by atoms with Crippen LogP contribution in [0.4, 0.5) is 0 Å². The molecule has 0 atom stereocenters. The van der Waals surface area contributed by atoms with Crippen LogP contribution in [0.15, 0.2) is 54.8 Å². The Bertz CT molecular complexity index is 736. The molecule has 25 heavy (non-hydrogen) atoms. The predicted octanol–water partition coefficient (Wildman–Crippen LogP) is 4.43. The van der Waals surface area contributed by atoms with Gasteiger partial charge in [-0.3, -0.25) is 0 Å². The van der Waals surface area contributed by atoms with Gasteiger partial charge in [0.15, 0.2) is 0 Å². The molecular formula is C20H22O5. The third-order valence-electron chi connectivity index (χ3n) is 3.32.